The van der Waals surface area contributed by atoms with E-state index in [0.29, 0.717) is 17.8 Å². The van der Waals surface area contributed by atoms with Gasteiger partial charge in [-0.1, -0.05) is 19.1 Å². The second-order valence-electron chi connectivity index (χ2n) is 9.57. The zero-order chi connectivity index (χ0) is 26.7. The maximum absolute atomic E-state index is 14.4. The lowest BCUT2D eigenvalue weighted by molar-refractivity contribution is -0.209. The first-order chi connectivity index (χ1) is 17.4. The van der Waals surface area contributed by atoms with E-state index in [2.05, 4.69) is 27.1 Å². The van der Waals surface area contributed by atoms with Crippen LogP contribution < -0.4 is 17.2 Å². The van der Waals surface area contributed by atoms with Crippen LogP contribution in [0.3, 0.4) is 0 Å². The number of aliphatic hydroxyl groups excluding tert-OH is 1. The van der Waals surface area contributed by atoms with Gasteiger partial charge in [-0.3, -0.25) is 5.10 Å². The van der Waals surface area contributed by atoms with Gasteiger partial charge in [0.05, 0.1) is 16.7 Å². The van der Waals surface area contributed by atoms with E-state index in [9.17, 15) is 22.7 Å². The summed E-state index contributed by atoms with van der Waals surface area (Å²) in [6.07, 6.45) is -4.64. The van der Waals surface area contributed by atoms with Crippen molar-refractivity contribution >= 4 is 11.4 Å². The number of pyridine rings is 1. The Morgan fingerprint density at radius 1 is 1.19 bits per heavy atom. The molecule has 2 aromatic heterocycles. The summed E-state index contributed by atoms with van der Waals surface area (Å²) in [6.45, 7) is 2.07. The molecule has 8 N–H and O–H groups in total. The Balaban J connectivity index is 1.53. The molecule has 2 bridgehead atoms. The number of H-pyrrole nitrogens is 1. The molecule has 3 aromatic rings. The molecule has 2 heterocycles. The van der Waals surface area contributed by atoms with Crippen LogP contribution in [0.1, 0.15) is 43.0 Å². The van der Waals surface area contributed by atoms with E-state index in [-0.39, 0.29) is 40.3 Å². The number of nitrogens with two attached hydrogens (primary N) is 3. The molecule has 0 amide bonds. The van der Waals surface area contributed by atoms with Crippen molar-refractivity contribution in [3.63, 3.8) is 0 Å². The summed E-state index contributed by atoms with van der Waals surface area (Å²) in [5.74, 6) is -0.934. The first-order valence-corrected chi connectivity index (χ1v) is 11.6. The fraction of sp³-hybridized carbons (Fsp3) is 0.320. The Morgan fingerprint density at radius 2 is 1.92 bits per heavy atom. The van der Waals surface area contributed by atoms with E-state index in [0.717, 1.165) is 12.0 Å². The highest BCUT2D eigenvalue weighted by atomic mass is 19.4. The Labute approximate surface area is 209 Å². The molecule has 0 saturated heterocycles. The summed E-state index contributed by atoms with van der Waals surface area (Å²) >= 11 is 0. The second-order valence-corrected chi connectivity index (χ2v) is 9.57. The lowest BCUT2D eigenvalue weighted by Gasteiger charge is -2.58. The standard InChI is InChI=1S/C25H25F4N7O/c1-11-13-8-12(9-16(31)19-14(26)4-2-5-15(19)30)20(32)24(11,10-13)18-7-3-6-17(33-18)22-34-23(36-35-22)21(37)25(27,28)29/h2-7,9,11,13,21,37H,8,10,30-32H2,1H3,(H,34,35,36)/b16-9-/t11?,13?,21-,24+/m1/s1. The number of rotatable bonds is 5. The van der Waals surface area contributed by atoms with Crippen LogP contribution in [0.4, 0.5) is 23.2 Å². The van der Waals surface area contributed by atoms with Crippen molar-refractivity contribution in [1.29, 1.82) is 0 Å². The van der Waals surface area contributed by atoms with Gasteiger partial charge in [0.15, 0.2) is 11.6 Å². The van der Waals surface area contributed by atoms with Crippen LogP contribution in [0, 0.1) is 17.7 Å². The first kappa shape index (κ1) is 24.8. The highest BCUT2D eigenvalue weighted by Gasteiger charge is 2.58. The fourth-order valence-corrected chi connectivity index (χ4v) is 5.49. The number of fused-ring (bicyclic) bond motifs is 1. The number of benzene rings is 1. The molecule has 6 rings (SSSR count). The van der Waals surface area contributed by atoms with E-state index in [1.54, 1.807) is 30.3 Å². The molecule has 3 aliphatic rings. The number of aromatic amines is 1. The van der Waals surface area contributed by atoms with Crippen LogP contribution in [-0.4, -0.2) is 31.4 Å². The summed E-state index contributed by atoms with van der Waals surface area (Å²) in [7, 11) is 0. The van der Waals surface area contributed by atoms with Crippen LogP contribution in [0.2, 0.25) is 0 Å². The molecule has 4 atom stereocenters. The number of allylic oxidation sites excluding steroid dienone is 3. The largest absolute Gasteiger partial charge is 0.421 e. The maximum atomic E-state index is 14.4. The SMILES string of the molecule is CC1C2CC(/C=C(\N)c3c(N)cccc3F)=C(N)[C@@]1(c1cccc(-c3n[nH]c([C@@H](O)C(F)(F)F)n3)n1)C2. The zero-order valence-electron chi connectivity index (χ0n) is 19.7. The molecule has 1 aromatic carbocycles. The van der Waals surface area contributed by atoms with Gasteiger partial charge in [-0.25, -0.2) is 14.4 Å². The third-order valence-electron chi connectivity index (χ3n) is 7.55. The Hall–Kier alpha value is -3.93. The zero-order valence-corrected chi connectivity index (χ0v) is 19.7. The van der Waals surface area contributed by atoms with Crippen LogP contribution in [0.5, 0.6) is 0 Å². The number of hydrogen-bond donors (Lipinski definition) is 5. The van der Waals surface area contributed by atoms with Crippen molar-refractivity contribution in [3.8, 4) is 11.5 Å². The number of anilines is 1. The van der Waals surface area contributed by atoms with Crippen molar-refractivity contribution in [2.45, 2.75) is 37.5 Å². The second kappa shape index (κ2) is 8.58. The average molecular weight is 516 g/mol. The molecule has 3 aliphatic carbocycles. The number of nitrogens with zero attached hydrogens (tertiary/aromatic N) is 3. The number of hydrogen-bond acceptors (Lipinski definition) is 7. The molecule has 194 valence electrons. The molecule has 12 heteroatoms. The van der Waals surface area contributed by atoms with E-state index in [1.165, 1.54) is 12.1 Å². The minimum atomic E-state index is -4.89. The van der Waals surface area contributed by atoms with Crippen LogP contribution in [-0.2, 0) is 5.41 Å². The Morgan fingerprint density at radius 3 is 2.59 bits per heavy atom. The monoisotopic (exact) mass is 515 g/mol. The quantitative estimate of drug-likeness (QED) is 0.257. The van der Waals surface area contributed by atoms with E-state index >= 15 is 0 Å². The lowest BCUT2D eigenvalue weighted by Crippen LogP contribution is -2.57. The van der Waals surface area contributed by atoms with Crippen LogP contribution >= 0.6 is 0 Å². The third kappa shape index (κ3) is 3.91. The summed E-state index contributed by atoms with van der Waals surface area (Å²) in [5, 5.41) is 15.4. The van der Waals surface area contributed by atoms with Gasteiger partial charge in [-0.2, -0.15) is 18.3 Å². The normalized spacial score (nSPS) is 24.6. The van der Waals surface area contributed by atoms with Gasteiger partial charge < -0.3 is 22.3 Å². The van der Waals surface area contributed by atoms with Gasteiger partial charge in [0.1, 0.15) is 11.5 Å². The van der Waals surface area contributed by atoms with Gasteiger partial charge in [0, 0.05) is 17.1 Å². The van der Waals surface area contributed by atoms with Crippen molar-refractivity contribution in [1.82, 2.24) is 20.2 Å². The number of halogens is 4. The molecule has 0 spiro atoms. The molecule has 1 fully saturated rings. The number of nitrogens with one attached hydrogen (secondary N) is 1. The van der Waals surface area contributed by atoms with Crippen molar-refractivity contribution in [2.24, 2.45) is 23.3 Å². The van der Waals surface area contributed by atoms with Gasteiger partial charge in [0.2, 0.25) is 6.10 Å². The molecule has 8 nitrogen and oxygen atoms in total. The molecular weight excluding hydrogens is 490 g/mol. The summed E-state index contributed by atoms with van der Waals surface area (Å²) in [4.78, 5) is 8.45. The number of aliphatic hydroxyl groups is 1. The molecule has 37 heavy (non-hydrogen) atoms. The van der Waals surface area contributed by atoms with Gasteiger partial charge >= 0.3 is 6.18 Å². The summed E-state index contributed by atoms with van der Waals surface area (Å²) in [6, 6.07) is 9.41. The first-order valence-electron chi connectivity index (χ1n) is 11.6. The summed E-state index contributed by atoms with van der Waals surface area (Å²) in [5.41, 5.74) is 20.9. The number of alkyl halides is 3. The fourth-order valence-electron chi connectivity index (χ4n) is 5.49. The molecule has 1 saturated carbocycles. The topological polar surface area (TPSA) is 153 Å². The van der Waals surface area contributed by atoms with Gasteiger partial charge in [0.25, 0.3) is 0 Å². The van der Waals surface area contributed by atoms with E-state index in [4.69, 9.17) is 17.2 Å². The van der Waals surface area contributed by atoms with Gasteiger partial charge in [-0.05, 0) is 60.6 Å². The minimum absolute atomic E-state index is 0.0853. The number of aromatic nitrogens is 4. The predicted molar refractivity (Wildman–Crippen MR) is 128 cm³/mol. The Bertz CT molecular complexity index is 1410. The smallest absolute Gasteiger partial charge is 0.401 e. The van der Waals surface area contributed by atoms with Gasteiger partial charge in [-0.15, -0.1) is 0 Å². The maximum Gasteiger partial charge on any atom is 0.421 e. The molecular formula is C25H25F4N7O. The molecule has 0 radical (unpaired) electrons. The highest BCUT2D eigenvalue weighted by molar-refractivity contribution is 5.75. The Kier molecular flexibility index (Phi) is 5.74. The molecule has 2 unspecified atom stereocenters. The van der Waals surface area contributed by atoms with Crippen molar-refractivity contribution in [3.05, 3.63) is 76.6 Å². The van der Waals surface area contributed by atoms with Crippen molar-refractivity contribution < 1.29 is 22.7 Å². The van der Waals surface area contributed by atoms with E-state index < -0.39 is 29.3 Å². The minimum Gasteiger partial charge on any atom is -0.401 e. The lowest BCUT2D eigenvalue weighted by atomic mass is 9.46. The van der Waals surface area contributed by atoms with Crippen LogP contribution in [0.15, 0.2) is 53.7 Å². The third-order valence-corrected chi connectivity index (χ3v) is 7.55. The summed E-state index contributed by atoms with van der Waals surface area (Å²) < 4.78 is 53.0. The van der Waals surface area contributed by atoms with E-state index in [1.807, 2.05) is 0 Å². The highest BCUT2D eigenvalue weighted by Crippen LogP contribution is 2.61. The van der Waals surface area contributed by atoms with Crippen molar-refractivity contribution in [2.75, 3.05) is 5.73 Å². The number of nitrogen functional groups attached to an aromatic ring is 1. The predicted octanol–water partition coefficient (Wildman–Crippen LogP) is 3.69. The van der Waals surface area contributed by atoms with Crippen LogP contribution in [0.25, 0.3) is 17.2 Å². The average Bonchev–Trinajstić information content (AvgIpc) is 3.34. The molecule has 0 aliphatic heterocycles.